The fraction of sp³-hybridized carbons (Fsp3) is 0.625. The summed E-state index contributed by atoms with van der Waals surface area (Å²) < 4.78 is 5.64. The molecule has 0 saturated heterocycles. The van der Waals surface area contributed by atoms with E-state index in [0.717, 1.165) is 18.7 Å². The second kappa shape index (κ2) is 7.42. The molecular weight excluding hydrogens is 222 g/mol. The molecule has 0 aliphatic heterocycles. The maximum Gasteiger partial charge on any atom is 0.119 e. The molecule has 1 aromatic carbocycles. The summed E-state index contributed by atoms with van der Waals surface area (Å²) in [5, 5.41) is 3.55. The van der Waals surface area contributed by atoms with Crippen LogP contribution in [0.5, 0.6) is 5.75 Å². The van der Waals surface area contributed by atoms with Crippen molar-refractivity contribution >= 4 is 0 Å². The maximum atomic E-state index is 5.64. The summed E-state index contributed by atoms with van der Waals surface area (Å²) in [6.07, 6.45) is 1.30. The van der Waals surface area contributed by atoms with Crippen molar-refractivity contribution in [2.45, 2.75) is 53.2 Å². The van der Waals surface area contributed by atoms with Gasteiger partial charge in [-0.1, -0.05) is 26.0 Å². The van der Waals surface area contributed by atoms with Gasteiger partial charge in [-0.25, -0.2) is 0 Å². The molecule has 2 nitrogen and oxygen atoms in total. The van der Waals surface area contributed by atoms with E-state index in [1.807, 2.05) is 13.8 Å². The standard InChI is InChI=1S/C16H27NO/c1-12(2)11-17-14(5)10-15-6-8-16(9-7-15)18-13(3)4/h6-9,12-14,17H,10-11H2,1-5H3. The fourth-order valence-electron chi connectivity index (χ4n) is 1.84. The molecule has 0 heterocycles. The van der Waals surface area contributed by atoms with E-state index in [4.69, 9.17) is 4.74 Å². The van der Waals surface area contributed by atoms with Gasteiger partial charge in [-0.3, -0.25) is 0 Å². The second-order valence-electron chi connectivity index (χ2n) is 5.72. The Bertz CT molecular complexity index is 329. The molecule has 1 rings (SSSR count). The molecule has 1 aromatic rings. The van der Waals surface area contributed by atoms with Gasteiger partial charge in [0.1, 0.15) is 5.75 Å². The highest BCUT2D eigenvalue weighted by atomic mass is 16.5. The molecule has 0 aliphatic carbocycles. The molecule has 0 spiro atoms. The number of benzene rings is 1. The summed E-state index contributed by atoms with van der Waals surface area (Å²) in [4.78, 5) is 0. The van der Waals surface area contributed by atoms with Crippen LogP contribution in [0.1, 0.15) is 40.2 Å². The van der Waals surface area contributed by atoms with Crippen molar-refractivity contribution in [3.05, 3.63) is 29.8 Å². The van der Waals surface area contributed by atoms with Gasteiger partial charge in [-0.2, -0.15) is 0 Å². The van der Waals surface area contributed by atoms with Gasteiger partial charge >= 0.3 is 0 Å². The van der Waals surface area contributed by atoms with Crippen molar-refractivity contribution in [2.75, 3.05) is 6.54 Å². The highest BCUT2D eigenvalue weighted by Crippen LogP contribution is 2.14. The van der Waals surface area contributed by atoms with Crippen LogP contribution in [-0.2, 0) is 6.42 Å². The molecule has 18 heavy (non-hydrogen) atoms. The third-order valence-electron chi connectivity index (χ3n) is 2.71. The molecule has 0 aliphatic rings. The van der Waals surface area contributed by atoms with Crippen LogP contribution in [0, 0.1) is 5.92 Å². The van der Waals surface area contributed by atoms with Gasteiger partial charge < -0.3 is 10.1 Å². The first kappa shape index (κ1) is 15.0. The van der Waals surface area contributed by atoms with Crippen LogP contribution in [0.3, 0.4) is 0 Å². The Morgan fingerprint density at radius 3 is 2.11 bits per heavy atom. The summed E-state index contributed by atoms with van der Waals surface area (Å²) >= 11 is 0. The van der Waals surface area contributed by atoms with E-state index in [0.29, 0.717) is 12.0 Å². The van der Waals surface area contributed by atoms with Gasteiger partial charge in [0.15, 0.2) is 0 Å². The van der Waals surface area contributed by atoms with Crippen molar-refractivity contribution in [1.82, 2.24) is 5.32 Å². The Hall–Kier alpha value is -1.02. The van der Waals surface area contributed by atoms with Gasteiger partial charge in [0, 0.05) is 6.04 Å². The molecular formula is C16H27NO. The number of hydrogen-bond acceptors (Lipinski definition) is 2. The third kappa shape index (κ3) is 6.06. The van der Waals surface area contributed by atoms with E-state index >= 15 is 0 Å². The summed E-state index contributed by atoms with van der Waals surface area (Å²) in [6.45, 7) is 11.9. The van der Waals surface area contributed by atoms with Crippen molar-refractivity contribution in [3.8, 4) is 5.75 Å². The highest BCUT2D eigenvalue weighted by Gasteiger charge is 2.04. The molecule has 0 aromatic heterocycles. The lowest BCUT2D eigenvalue weighted by atomic mass is 10.1. The molecule has 1 unspecified atom stereocenters. The Labute approximate surface area is 112 Å². The fourth-order valence-corrected chi connectivity index (χ4v) is 1.84. The second-order valence-corrected chi connectivity index (χ2v) is 5.72. The summed E-state index contributed by atoms with van der Waals surface area (Å²) in [7, 11) is 0. The molecule has 0 fully saturated rings. The normalized spacial score (nSPS) is 13.1. The van der Waals surface area contributed by atoms with Crippen LogP contribution in [0.25, 0.3) is 0 Å². The van der Waals surface area contributed by atoms with E-state index < -0.39 is 0 Å². The average Bonchev–Trinajstić information content (AvgIpc) is 2.28. The van der Waals surface area contributed by atoms with Gasteiger partial charge in [0.25, 0.3) is 0 Å². The Kier molecular flexibility index (Phi) is 6.20. The van der Waals surface area contributed by atoms with Gasteiger partial charge in [0.2, 0.25) is 0 Å². The average molecular weight is 249 g/mol. The molecule has 0 saturated carbocycles. The number of ether oxygens (including phenoxy) is 1. The van der Waals surface area contributed by atoms with E-state index in [-0.39, 0.29) is 6.10 Å². The summed E-state index contributed by atoms with van der Waals surface area (Å²) in [5.74, 6) is 1.66. The number of hydrogen-bond donors (Lipinski definition) is 1. The lowest BCUT2D eigenvalue weighted by molar-refractivity contribution is 0.242. The Morgan fingerprint density at radius 2 is 1.61 bits per heavy atom. The van der Waals surface area contributed by atoms with Gasteiger partial charge in [-0.15, -0.1) is 0 Å². The van der Waals surface area contributed by atoms with E-state index in [2.05, 4.69) is 50.4 Å². The zero-order chi connectivity index (χ0) is 13.5. The van der Waals surface area contributed by atoms with Gasteiger partial charge in [0.05, 0.1) is 6.10 Å². The minimum Gasteiger partial charge on any atom is -0.491 e. The molecule has 2 heteroatoms. The zero-order valence-corrected chi connectivity index (χ0v) is 12.4. The van der Waals surface area contributed by atoms with E-state index in [1.54, 1.807) is 0 Å². The summed E-state index contributed by atoms with van der Waals surface area (Å²) in [5.41, 5.74) is 1.36. The van der Waals surface area contributed by atoms with Crippen LogP contribution in [0.15, 0.2) is 24.3 Å². The monoisotopic (exact) mass is 249 g/mol. The first-order chi connectivity index (χ1) is 8.47. The quantitative estimate of drug-likeness (QED) is 0.796. The molecule has 0 amide bonds. The van der Waals surface area contributed by atoms with Crippen LogP contribution in [0.4, 0.5) is 0 Å². The van der Waals surface area contributed by atoms with E-state index in [9.17, 15) is 0 Å². The minimum atomic E-state index is 0.238. The zero-order valence-electron chi connectivity index (χ0n) is 12.4. The first-order valence-electron chi connectivity index (χ1n) is 6.96. The van der Waals surface area contributed by atoms with Crippen LogP contribution < -0.4 is 10.1 Å². The Morgan fingerprint density at radius 1 is 1.00 bits per heavy atom. The third-order valence-corrected chi connectivity index (χ3v) is 2.71. The van der Waals surface area contributed by atoms with Crippen LogP contribution in [0.2, 0.25) is 0 Å². The first-order valence-corrected chi connectivity index (χ1v) is 6.96. The van der Waals surface area contributed by atoms with Crippen LogP contribution in [-0.4, -0.2) is 18.7 Å². The number of nitrogens with one attached hydrogen (secondary N) is 1. The van der Waals surface area contributed by atoms with Gasteiger partial charge in [-0.05, 0) is 57.4 Å². The van der Waals surface area contributed by atoms with Crippen molar-refractivity contribution in [2.24, 2.45) is 5.92 Å². The lowest BCUT2D eigenvalue weighted by Gasteiger charge is -2.16. The largest absolute Gasteiger partial charge is 0.491 e. The molecule has 1 atom stereocenters. The predicted molar refractivity (Wildman–Crippen MR) is 78.2 cm³/mol. The Balaban J connectivity index is 2.42. The highest BCUT2D eigenvalue weighted by molar-refractivity contribution is 5.27. The predicted octanol–water partition coefficient (Wildman–Crippen LogP) is 3.65. The number of rotatable bonds is 7. The molecule has 0 radical (unpaired) electrons. The van der Waals surface area contributed by atoms with Crippen molar-refractivity contribution < 1.29 is 4.74 Å². The van der Waals surface area contributed by atoms with E-state index in [1.165, 1.54) is 5.56 Å². The summed E-state index contributed by atoms with van der Waals surface area (Å²) in [6, 6.07) is 8.95. The maximum absolute atomic E-state index is 5.64. The SMILES string of the molecule is CC(C)CNC(C)Cc1ccc(OC(C)C)cc1. The van der Waals surface area contributed by atoms with Crippen molar-refractivity contribution in [1.29, 1.82) is 0 Å². The molecule has 102 valence electrons. The minimum absolute atomic E-state index is 0.238. The molecule has 0 bridgehead atoms. The lowest BCUT2D eigenvalue weighted by Crippen LogP contribution is -2.31. The smallest absolute Gasteiger partial charge is 0.119 e. The van der Waals surface area contributed by atoms with Crippen molar-refractivity contribution in [3.63, 3.8) is 0 Å². The topological polar surface area (TPSA) is 21.3 Å². The van der Waals surface area contributed by atoms with Crippen LogP contribution >= 0.6 is 0 Å². The molecule has 1 N–H and O–H groups in total.